The third-order valence-corrected chi connectivity index (χ3v) is 6.79. The number of ether oxygens (including phenoxy) is 1. The maximum absolute atomic E-state index is 12.9. The van der Waals surface area contributed by atoms with Crippen molar-refractivity contribution in [1.82, 2.24) is 9.55 Å². The molecular formula is C29H31N3O2. The summed E-state index contributed by atoms with van der Waals surface area (Å²) in [5.41, 5.74) is 6.76. The zero-order valence-corrected chi connectivity index (χ0v) is 20.1. The van der Waals surface area contributed by atoms with E-state index in [1.807, 2.05) is 35.2 Å². The molecule has 1 aliphatic heterocycles. The number of aromatic nitrogens is 2. The smallest absolute Gasteiger partial charge is 0.227 e. The first-order valence-electron chi connectivity index (χ1n) is 12.0. The van der Waals surface area contributed by atoms with E-state index in [9.17, 15) is 4.79 Å². The number of hydrogen-bond donors (Lipinski definition) is 0. The molecule has 174 valence electrons. The van der Waals surface area contributed by atoms with E-state index in [-0.39, 0.29) is 11.8 Å². The van der Waals surface area contributed by atoms with E-state index in [1.165, 1.54) is 16.7 Å². The minimum atomic E-state index is 0.0712. The van der Waals surface area contributed by atoms with Crippen LogP contribution in [0.25, 0.3) is 11.0 Å². The molecule has 0 spiro atoms. The van der Waals surface area contributed by atoms with Gasteiger partial charge in [0.1, 0.15) is 11.6 Å². The summed E-state index contributed by atoms with van der Waals surface area (Å²) in [5.74, 6) is 2.14. The summed E-state index contributed by atoms with van der Waals surface area (Å²) >= 11 is 0. The summed E-state index contributed by atoms with van der Waals surface area (Å²) in [6.07, 6.45) is 1.35. The Morgan fingerprint density at radius 3 is 2.56 bits per heavy atom. The first kappa shape index (κ1) is 22.2. The maximum Gasteiger partial charge on any atom is 0.227 e. The van der Waals surface area contributed by atoms with E-state index in [0.717, 1.165) is 41.3 Å². The number of anilines is 1. The summed E-state index contributed by atoms with van der Waals surface area (Å²) in [5, 5.41) is 0. The summed E-state index contributed by atoms with van der Waals surface area (Å²) in [7, 11) is 0. The van der Waals surface area contributed by atoms with Gasteiger partial charge < -0.3 is 14.2 Å². The van der Waals surface area contributed by atoms with Crippen molar-refractivity contribution in [3.8, 4) is 5.75 Å². The van der Waals surface area contributed by atoms with E-state index in [4.69, 9.17) is 9.72 Å². The standard InChI is InChI=1S/C29H31N3O2/c1-20-9-12-24(13-10-20)32-19-23(18-28(32)33)29-30-26-7-4-5-8-27(26)31(29)15-6-16-34-25-14-11-21(2)22(3)17-25/h4-5,7-14,17,23H,6,15-16,18-19H2,1-3H3. The highest BCUT2D eigenvalue weighted by Crippen LogP contribution is 2.33. The monoisotopic (exact) mass is 453 g/mol. The topological polar surface area (TPSA) is 47.4 Å². The van der Waals surface area contributed by atoms with Gasteiger partial charge in [0.15, 0.2) is 0 Å². The van der Waals surface area contributed by atoms with Crippen LogP contribution in [-0.4, -0.2) is 28.6 Å². The number of fused-ring (bicyclic) bond motifs is 1. The van der Waals surface area contributed by atoms with E-state index in [2.05, 4.69) is 61.7 Å². The molecule has 1 unspecified atom stereocenters. The molecule has 5 nitrogen and oxygen atoms in total. The number of benzene rings is 3. The number of imidazole rings is 1. The van der Waals surface area contributed by atoms with Crippen LogP contribution in [0, 0.1) is 20.8 Å². The van der Waals surface area contributed by atoms with Crippen LogP contribution in [0.1, 0.15) is 41.3 Å². The zero-order chi connectivity index (χ0) is 23.7. The Morgan fingerprint density at radius 2 is 1.76 bits per heavy atom. The second-order valence-corrected chi connectivity index (χ2v) is 9.30. The quantitative estimate of drug-likeness (QED) is 0.325. The number of aryl methyl sites for hydroxylation is 4. The highest BCUT2D eigenvalue weighted by atomic mass is 16.5. The fourth-order valence-corrected chi connectivity index (χ4v) is 4.71. The lowest BCUT2D eigenvalue weighted by atomic mass is 10.1. The summed E-state index contributed by atoms with van der Waals surface area (Å²) in [6, 6.07) is 22.6. The molecule has 0 saturated carbocycles. The van der Waals surface area contributed by atoms with Crippen LogP contribution >= 0.6 is 0 Å². The fraction of sp³-hybridized carbons (Fsp3) is 0.310. The van der Waals surface area contributed by atoms with Crippen molar-refractivity contribution in [3.63, 3.8) is 0 Å². The fourth-order valence-electron chi connectivity index (χ4n) is 4.71. The van der Waals surface area contributed by atoms with Gasteiger partial charge in [-0.15, -0.1) is 0 Å². The first-order valence-corrected chi connectivity index (χ1v) is 12.0. The molecule has 1 aliphatic rings. The normalized spacial score (nSPS) is 15.9. The molecule has 34 heavy (non-hydrogen) atoms. The van der Waals surface area contributed by atoms with Crippen LogP contribution in [0.3, 0.4) is 0 Å². The third kappa shape index (κ3) is 4.43. The van der Waals surface area contributed by atoms with Crippen molar-refractivity contribution in [2.45, 2.75) is 46.1 Å². The van der Waals surface area contributed by atoms with Gasteiger partial charge in [-0.05, 0) is 74.7 Å². The third-order valence-electron chi connectivity index (χ3n) is 6.79. The predicted molar refractivity (Wildman–Crippen MR) is 137 cm³/mol. The number of carbonyl (C=O) groups is 1. The SMILES string of the molecule is Cc1ccc(N2CC(c3nc4ccccc4n3CCCOc3ccc(C)c(C)c3)CC2=O)cc1. The Hall–Kier alpha value is -3.60. The van der Waals surface area contributed by atoms with Gasteiger partial charge in [0.2, 0.25) is 5.91 Å². The second kappa shape index (κ2) is 9.34. The highest BCUT2D eigenvalue weighted by Gasteiger charge is 2.34. The predicted octanol–water partition coefficient (Wildman–Crippen LogP) is 5.95. The average Bonchev–Trinajstić information content (AvgIpc) is 3.40. The minimum Gasteiger partial charge on any atom is -0.494 e. The number of nitrogens with zero attached hydrogens (tertiary/aromatic N) is 3. The molecule has 1 amide bonds. The molecule has 1 atom stereocenters. The number of rotatable bonds is 7. The van der Waals surface area contributed by atoms with E-state index < -0.39 is 0 Å². The molecular weight excluding hydrogens is 422 g/mol. The molecule has 0 radical (unpaired) electrons. The van der Waals surface area contributed by atoms with Gasteiger partial charge in [-0.25, -0.2) is 4.98 Å². The van der Waals surface area contributed by atoms with Gasteiger partial charge in [0.25, 0.3) is 0 Å². The highest BCUT2D eigenvalue weighted by molar-refractivity contribution is 5.96. The van der Waals surface area contributed by atoms with Gasteiger partial charge in [0, 0.05) is 31.1 Å². The Bertz CT molecular complexity index is 1320. The summed E-state index contributed by atoms with van der Waals surface area (Å²) < 4.78 is 8.31. The van der Waals surface area contributed by atoms with Gasteiger partial charge in [-0.1, -0.05) is 35.9 Å². The molecule has 1 fully saturated rings. The first-order chi connectivity index (χ1) is 16.5. The molecule has 1 aromatic heterocycles. The largest absolute Gasteiger partial charge is 0.494 e. The number of carbonyl (C=O) groups excluding carboxylic acids is 1. The van der Waals surface area contributed by atoms with Gasteiger partial charge in [-0.2, -0.15) is 0 Å². The molecule has 1 saturated heterocycles. The summed E-state index contributed by atoms with van der Waals surface area (Å²) in [6.45, 7) is 8.37. The number of para-hydroxylation sites is 2. The Balaban J connectivity index is 1.33. The molecule has 0 aliphatic carbocycles. The minimum absolute atomic E-state index is 0.0712. The molecule has 3 aromatic carbocycles. The van der Waals surface area contributed by atoms with Crippen molar-refractivity contribution < 1.29 is 9.53 Å². The van der Waals surface area contributed by atoms with Crippen LogP contribution in [0.5, 0.6) is 5.75 Å². The average molecular weight is 454 g/mol. The lowest BCUT2D eigenvalue weighted by molar-refractivity contribution is -0.117. The van der Waals surface area contributed by atoms with Crippen LogP contribution in [0.4, 0.5) is 5.69 Å². The Morgan fingerprint density at radius 1 is 0.971 bits per heavy atom. The van der Waals surface area contributed by atoms with Crippen LogP contribution < -0.4 is 9.64 Å². The van der Waals surface area contributed by atoms with Crippen molar-refractivity contribution >= 4 is 22.6 Å². The van der Waals surface area contributed by atoms with Crippen molar-refractivity contribution in [3.05, 3.63) is 89.2 Å². The lowest BCUT2D eigenvalue weighted by Gasteiger charge is -2.18. The lowest BCUT2D eigenvalue weighted by Crippen LogP contribution is -2.24. The number of amides is 1. The van der Waals surface area contributed by atoms with Crippen LogP contribution in [-0.2, 0) is 11.3 Å². The van der Waals surface area contributed by atoms with E-state index >= 15 is 0 Å². The molecule has 5 heteroatoms. The number of hydrogen-bond acceptors (Lipinski definition) is 3. The van der Waals surface area contributed by atoms with Crippen LogP contribution in [0.15, 0.2) is 66.7 Å². The van der Waals surface area contributed by atoms with Crippen molar-refractivity contribution in [2.75, 3.05) is 18.1 Å². The molecule has 0 bridgehead atoms. The van der Waals surface area contributed by atoms with Crippen molar-refractivity contribution in [2.24, 2.45) is 0 Å². The van der Waals surface area contributed by atoms with Gasteiger partial charge in [0.05, 0.1) is 17.6 Å². The van der Waals surface area contributed by atoms with Gasteiger partial charge >= 0.3 is 0 Å². The van der Waals surface area contributed by atoms with Crippen LogP contribution in [0.2, 0.25) is 0 Å². The summed E-state index contributed by atoms with van der Waals surface area (Å²) in [4.78, 5) is 19.8. The molecule has 2 heterocycles. The molecule has 5 rings (SSSR count). The zero-order valence-electron chi connectivity index (χ0n) is 20.1. The molecule has 4 aromatic rings. The van der Waals surface area contributed by atoms with Crippen molar-refractivity contribution in [1.29, 1.82) is 0 Å². The van der Waals surface area contributed by atoms with E-state index in [1.54, 1.807) is 0 Å². The Kier molecular flexibility index (Phi) is 6.10. The Labute approximate surface area is 201 Å². The second-order valence-electron chi connectivity index (χ2n) is 9.30. The van der Waals surface area contributed by atoms with E-state index in [0.29, 0.717) is 19.6 Å². The maximum atomic E-state index is 12.9. The van der Waals surface area contributed by atoms with Gasteiger partial charge in [-0.3, -0.25) is 4.79 Å². The molecule has 0 N–H and O–H groups in total.